The van der Waals surface area contributed by atoms with E-state index in [1.165, 1.54) is 12.3 Å². The van der Waals surface area contributed by atoms with Crippen molar-refractivity contribution in [1.29, 1.82) is 0 Å². The molecular formula is C9H10BrClN2O2S. The molecule has 0 spiro atoms. The van der Waals surface area contributed by atoms with Crippen LogP contribution in [0.4, 0.5) is 0 Å². The summed E-state index contributed by atoms with van der Waals surface area (Å²) in [7, 11) is -3.56. The van der Waals surface area contributed by atoms with Crippen LogP contribution in [-0.2, 0) is 10.0 Å². The minimum atomic E-state index is -3.56. The van der Waals surface area contributed by atoms with Gasteiger partial charge in [-0.3, -0.25) is 0 Å². The number of halogens is 2. The lowest BCUT2D eigenvalue weighted by atomic mass is 10.5. The molecule has 1 aromatic rings. The quantitative estimate of drug-likeness (QED) is 0.867. The highest BCUT2D eigenvalue weighted by molar-refractivity contribution is 9.10. The molecule has 0 aromatic carbocycles. The van der Waals surface area contributed by atoms with E-state index in [2.05, 4.69) is 25.6 Å². The first-order valence-electron chi connectivity index (χ1n) is 4.73. The van der Waals surface area contributed by atoms with Crippen LogP contribution in [-0.4, -0.2) is 19.4 Å². The van der Waals surface area contributed by atoms with Crippen molar-refractivity contribution in [3.63, 3.8) is 0 Å². The lowest BCUT2D eigenvalue weighted by molar-refractivity contribution is 0.578. The van der Waals surface area contributed by atoms with Gasteiger partial charge < -0.3 is 0 Å². The Morgan fingerprint density at radius 3 is 2.81 bits per heavy atom. The van der Waals surface area contributed by atoms with E-state index in [-0.39, 0.29) is 16.1 Å². The van der Waals surface area contributed by atoms with E-state index < -0.39 is 10.0 Å². The Kier molecular flexibility index (Phi) is 3.27. The second-order valence-corrected chi connectivity index (χ2v) is 6.84. The lowest BCUT2D eigenvalue weighted by Crippen LogP contribution is -2.27. The smallest absolute Gasteiger partial charge is 0.242 e. The maximum atomic E-state index is 11.9. The lowest BCUT2D eigenvalue weighted by Gasteiger charge is -2.07. The zero-order chi connectivity index (χ0) is 11.9. The van der Waals surface area contributed by atoms with Crippen LogP contribution in [0.15, 0.2) is 21.6 Å². The fraction of sp³-hybridized carbons (Fsp3) is 0.444. The predicted molar refractivity (Wildman–Crippen MR) is 64.8 cm³/mol. The minimum Gasteiger partial charge on any atom is -0.242 e. The summed E-state index contributed by atoms with van der Waals surface area (Å²) in [6.45, 7) is 1.99. The SMILES string of the molecule is CC1CC1NS(=O)(=O)c1cc(Br)cnc1Cl. The van der Waals surface area contributed by atoms with E-state index >= 15 is 0 Å². The van der Waals surface area contributed by atoms with Gasteiger partial charge in [0.2, 0.25) is 10.0 Å². The topological polar surface area (TPSA) is 59.1 Å². The van der Waals surface area contributed by atoms with Gasteiger partial charge in [0.15, 0.2) is 0 Å². The molecule has 16 heavy (non-hydrogen) atoms. The van der Waals surface area contributed by atoms with Crippen LogP contribution in [0, 0.1) is 5.92 Å². The third-order valence-corrected chi connectivity index (χ3v) is 4.83. The molecule has 1 fully saturated rings. The predicted octanol–water partition coefficient (Wildman–Crippen LogP) is 2.18. The second-order valence-electron chi connectivity index (χ2n) is 3.88. The summed E-state index contributed by atoms with van der Waals surface area (Å²) >= 11 is 8.94. The average Bonchev–Trinajstić information content (AvgIpc) is 2.85. The molecule has 2 atom stereocenters. The van der Waals surface area contributed by atoms with Crippen LogP contribution >= 0.6 is 27.5 Å². The van der Waals surface area contributed by atoms with Crippen LogP contribution in [0.2, 0.25) is 5.15 Å². The van der Waals surface area contributed by atoms with Crippen LogP contribution in [0.3, 0.4) is 0 Å². The molecule has 1 aliphatic rings. The Bertz CT molecular complexity index is 520. The Hall–Kier alpha value is -0.170. The fourth-order valence-corrected chi connectivity index (χ4v) is 3.64. The van der Waals surface area contributed by atoms with E-state index in [1.807, 2.05) is 6.92 Å². The molecule has 7 heteroatoms. The molecule has 0 amide bonds. The molecule has 0 aliphatic heterocycles. The van der Waals surface area contributed by atoms with Gasteiger partial charge in [0.05, 0.1) is 0 Å². The van der Waals surface area contributed by atoms with Gasteiger partial charge in [-0.05, 0) is 34.3 Å². The first-order chi connectivity index (χ1) is 7.40. The molecule has 1 N–H and O–H groups in total. The summed E-state index contributed by atoms with van der Waals surface area (Å²) < 4.78 is 27.1. The highest BCUT2D eigenvalue weighted by Gasteiger charge is 2.37. The third kappa shape index (κ3) is 2.56. The fourth-order valence-electron chi connectivity index (χ4n) is 1.34. The van der Waals surface area contributed by atoms with Crippen molar-refractivity contribution in [3.8, 4) is 0 Å². The first kappa shape index (κ1) is 12.3. The largest absolute Gasteiger partial charge is 0.243 e. The number of rotatable bonds is 3. The molecule has 2 unspecified atom stereocenters. The number of hydrogen-bond acceptors (Lipinski definition) is 3. The summed E-state index contributed by atoms with van der Waals surface area (Å²) in [4.78, 5) is 3.81. The molecule has 1 saturated carbocycles. The van der Waals surface area contributed by atoms with Gasteiger partial charge in [-0.15, -0.1) is 0 Å². The van der Waals surface area contributed by atoms with Crippen molar-refractivity contribution in [3.05, 3.63) is 21.9 Å². The minimum absolute atomic E-state index is 0.0102. The van der Waals surface area contributed by atoms with E-state index in [9.17, 15) is 8.42 Å². The van der Waals surface area contributed by atoms with Gasteiger partial charge in [-0.1, -0.05) is 18.5 Å². The standard InChI is InChI=1S/C9H10BrClN2O2S/c1-5-2-7(5)13-16(14,15)8-3-6(10)4-12-9(8)11/h3-5,7,13H,2H2,1H3. The molecular weight excluding hydrogens is 316 g/mol. The summed E-state index contributed by atoms with van der Waals surface area (Å²) in [6, 6.07) is 1.48. The summed E-state index contributed by atoms with van der Waals surface area (Å²) in [5, 5.41) is -0.0102. The maximum Gasteiger partial charge on any atom is 0.243 e. The summed E-state index contributed by atoms with van der Waals surface area (Å²) in [5.41, 5.74) is 0. The maximum absolute atomic E-state index is 11.9. The summed E-state index contributed by atoms with van der Waals surface area (Å²) in [5.74, 6) is 0.397. The van der Waals surface area contributed by atoms with Crippen LogP contribution < -0.4 is 4.72 Å². The van der Waals surface area contributed by atoms with Crippen LogP contribution in [0.25, 0.3) is 0 Å². The number of aromatic nitrogens is 1. The molecule has 0 saturated heterocycles. The molecule has 0 radical (unpaired) electrons. The molecule has 88 valence electrons. The Labute approximate surface area is 108 Å². The monoisotopic (exact) mass is 324 g/mol. The summed E-state index contributed by atoms with van der Waals surface area (Å²) in [6.07, 6.45) is 2.33. The van der Waals surface area contributed by atoms with Crippen molar-refractivity contribution >= 4 is 37.6 Å². The second kappa shape index (κ2) is 4.25. The van der Waals surface area contributed by atoms with Gasteiger partial charge in [0.25, 0.3) is 0 Å². The van der Waals surface area contributed by atoms with Crippen LogP contribution in [0.1, 0.15) is 13.3 Å². The van der Waals surface area contributed by atoms with Crippen molar-refractivity contribution in [1.82, 2.24) is 9.71 Å². The molecule has 1 aromatic heterocycles. The number of hydrogen-bond donors (Lipinski definition) is 1. The normalized spacial score (nSPS) is 24.4. The first-order valence-corrected chi connectivity index (χ1v) is 7.39. The zero-order valence-electron chi connectivity index (χ0n) is 8.44. The van der Waals surface area contributed by atoms with E-state index in [0.29, 0.717) is 10.4 Å². The molecule has 4 nitrogen and oxygen atoms in total. The number of pyridine rings is 1. The molecule has 1 heterocycles. The van der Waals surface area contributed by atoms with Gasteiger partial charge >= 0.3 is 0 Å². The molecule has 2 rings (SSSR count). The Balaban J connectivity index is 2.31. The van der Waals surface area contributed by atoms with Crippen molar-refractivity contribution in [2.24, 2.45) is 5.92 Å². The Morgan fingerprint density at radius 2 is 2.25 bits per heavy atom. The van der Waals surface area contributed by atoms with Gasteiger partial charge in [0, 0.05) is 16.7 Å². The van der Waals surface area contributed by atoms with E-state index in [4.69, 9.17) is 11.6 Å². The van der Waals surface area contributed by atoms with Crippen molar-refractivity contribution in [2.75, 3.05) is 0 Å². The van der Waals surface area contributed by atoms with Gasteiger partial charge in [-0.25, -0.2) is 18.1 Å². The number of nitrogens with zero attached hydrogens (tertiary/aromatic N) is 1. The zero-order valence-corrected chi connectivity index (χ0v) is 11.6. The number of sulfonamides is 1. The molecule has 0 bridgehead atoms. The highest BCUT2D eigenvalue weighted by atomic mass is 79.9. The third-order valence-electron chi connectivity index (χ3n) is 2.48. The van der Waals surface area contributed by atoms with Crippen molar-refractivity contribution < 1.29 is 8.42 Å². The number of nitrogens with one attached hydrogen (secondary N) is 1. The average molecular weight is 326 g/mol. The Morgan fingerprint density at radius 1 is 1.62 bits per heavy atom. The van der Waals surface area contributed by atoms with Gasteiger partial charge in [0.1, 0.15) is 10.0 Å². The molecule has 1 aliphatic carbocycles. The highest BCUT2D eigenvalue weighted by Crippen LogP contribution is 2.32. The van der Waals surface area contributed by atoms with E-state index in [0.717, 1.165) is 6.42 Å². The van der Waals surface area contributed by atoms with Gasteiger partial charge in [-0.2, -0.15) is 0 Å². The van der Waals surface area contributed by atoms with Crippen LogP contribution in [0.5, 0.6) is 0 Å². The van der Waals surface area contributed by atoms with Crippen molar-refractivity contribution in [2.45, 2.75) is 24.3 Å². The van der Waals surface area contributed by atoms with E-state index in [1.54, 1.807) is 0 Å².